The molecule has 1 aliphatic rings. The molecule has 2 heterocycles. The first-order chi connectivity index (χ1) is 21.8. The van der Waals surface area contributed by atoms with Crippen LogP contribution in [-0.2, 0) is 35.4 Å². The molecule has 0 aliphatic carbocycles. The number of alkyl halides is 3. The van der Waals surface area contributed by atoms with Gasteiger partial charge in [-0.05, 0) is 70.9 Å². The van der Waals surface area contributed by atoms with E-state index in [0.29, 0.717) is 12.0 Å². The Kier molecular flexibility index (Phi) is 10.2. The predicted octanol–water partition coefficient (Wildman–Crippen LogP) is 5.13. The zero-order chi connectivity index (χ0) is 34.7. The van der Waals surface area contributed by atoms with Crippen LogP contribution in [0.5, 0.6) is 0 Å². The Bertz CT molecular complexity index is 1730. The summed E-state index contributed by atoms with van der Waals surface area (Å²) < 4.78 is 74.9. The molecular weight excluding hydrogens is 645 g/mol. The van der Waals surface area contributed by atoms with Crippen LogP contribution in [0.15, 0.2) is 64.8 Å². The fourth-order valence-electron chi connectivity index (χ4n) is 4.52. The molecule has 1 aliphatic heterocycles. The molecule has 1 amide bonds. The molecule has 1 aromatic heterocycles. The van der Waals surface area contributed by atoms with E-state index in [1.54, 1.807) is 45.0 Å². The number of aryl methyl sites for hydroxylation is 1. The van der Waals surface area contributed by atoms with E-state index in [1.165, 1.54) is 19.1 Å². The summed E-state index contributed by atoms with van der Waals surface area (Å²) in [5.41, 5.74) is -0.225. The molecule has 17 heteroatoms. The molecular formula is C30H35F3N6O7S. The SMILES string of the molecule is Cc1ccc(-c2cc(C(F)(F)F)nn2-c2ccc(S(=O)(=O)NC(=O)C3CCCN(/[N+]([O-])=N\OC(C)OC(=O)C(C)(C)C)C3)cc2)cc1. The smallest absolute Gasteiger partial charge is 0.435 e. The molecule has 3 aromatic rings. The van der Waals surface area contributed by atoms with Crippen molar-refractivity contribution in [1.29, 1.82) is 0 Å². The summed E-state index contributed by atoms with van der Waals surface area (Å²) >= 11 is 0. The number of carbonyl (C=O) groups is 2. The van der Waals surface area contributed by atoms with Crippen LogP contribution in [-0.4, -0.2) is 59.4 Å². The van der Waals surface area contributed by atoms with Crippen molar-refractivity contribution >= 4 is 21.9 Å². The van der Waals surface area contributed by atoms with Crippen LogP contribution in [0.3, 0.4) is 0 Å². The highest BCUT2D eigenvalue weighted by Gasteiger charge is 2.36. The Morgan fingerprint density at radius 3 is 2.34 bits per heavy atom. The number of carbonyl (C=O) groups excluding carboxylic acids is 2. The number of hydrazine groups is 1. The molecule has 0 bridgehead atoms. The Morgan fingerprint density at radius 1 is 1.11 bits per heavy atom. The average molecular weight is 681 g/mol. The number of sulfonamides is 1. The second-order valence-corrected chi connectivity index (χ2v) is 13.8. The minimum absolute atomic E-state index is 0.110. The molecule has 47 heavy (non-hydrogen) atoms. The van der Waals surface area contributed by atoms with E-state index in [1.807, 2.05) is 11.6 Å². The third-order valence-electron chi connectivity index (χ3n) is 7.14. The second-order valence-electron chi connectivity index (χ2n) is 12.1. The van der Waals surface area contributed by atoms with E-state index in [4.69, 9.17) is 9.57 Å². The minimum atomic E-state index is -4.71. The van der Waals surface area contributed by atoms with E-state index in [0.717, 1.165) is 33.5 Å². The van der Waals surface area contributed by atoms with Gasteiger partial charge >= 0.3 is 12.1 Å². The first-order valence-electron chi connectivity index (χ1n) is 14.6. The van der Waals surface area contributed by atoms with Gasteiger partial charge in [-0.2, -0.15) is 18.3 Å². The Balaban J connectivity index is 1.44. The van der Waals surface area contributed by atoms with Crippen molar-refractivity contribution in [2.45, 2.75) is 64.8 Å². The molecule has 0 radical (unpaired) electrons. The molecule has 0 spiro atoms. The predicted molar refractivity (Wildman–Crippen MR) is 161 cm³/mol. The molecule has 2 aromatic carbocycles. The van der Waals surface area contributed by atoms with Crippen molar-refractivity contribution in [1.82, 2.24) is 19.5 Å². The van der Waals surface area contributed by atoms with Crippen molar-refractivity contribution < 1.29 is 45.7 Å². The first-order valence-corrected chi connectivity index (χ1v) is 16.0. The topological polar surface area (TPSA) is 158 Å². The van der Waals surface area contributed by atoms with Gasteiger partial charge in [-0.3, -0.25) is 14.4 Å². The molecule has 1 saturated heterocycles. The monoisotopic (exact) mass is 680 g/mol. The number of hydrogen-bond acceptors (Lipinski definition) is 9. The van der Waals surface area contributed by atoms with Crippen LogP contribution in [0.4, 0.5) is 13.2 Å². The molecule has 254 valence electrons. The molecule has 2 unspecified atom stereocenters. The van der Waals surface area contributed by atoms with Gasteiger partial charge in [0.1, 0.15) is 0 Å². The highest BCUT2D eigenvalue weighted by molar-refractivity contribution is 7.90. The minimum Gasteiger partial charge on any atom is -0.569 e. The molecule has 13 nitrogen and oxygen atoms in total. The molecule has 2 atom stereocenters. The van der Waals surface area contributed by atoms with Crippen molar-refractivity contribution in [3.63, 3.8) is 0 Å². The third-order valence-corrected chi connectivity index (χ3v) is 8.50. The number of halogens is 3. The Labute approximate surface area is 269 Å². The summed E-state index contributed by atoms with van der Waals surface area (Å²) in [7, 11) is -4.39. The highest BCUT2D eigenvalue weighted by Crippen LogP contribution is 2.33. The highest BCUT2D eigenvalue weighted by atomic mass is 32.2. The van der Waals surface area contributed by atoms with Crippen LogP contribution in [0, 0.1) is 23.5 Å². The van der Waals surface area contributed by atoms with Crippen molar-refractivity contribution in [3.8, 4) is 16.9 Å². The van der Waals surface area contributed by atoms with Crippen LogP contribution in [0.25, 0.3) is 16.9 Å². The van der Waals surface area contributed by atoms with E-state index >= 15 is 0 Å². The zero-order valence-electron chi connectivity index (χ0n) is 26.3. The van der Waals surface area contributed by atoms with E-state index in [2.05, 4.69) is 10.4 Å². The zero-order valence-corrected chi connectivity index (χ0v) is 27.1. The largest absolute Gasteiger partial charge is 0.569 e. The number of nitrogens with zero attached hydrogens (tertiary/aromatic N) is 5. The second kappa shape index (κ2) is 13.6. The third kappa shape index (κ3) is 8.78. The number of hydrogen-bond donors (Lipinski definition) is 1. The molecule has 1 fully saturated rings. The Morgan fingerprint density at radius 2 is 1.74 bits per heavy atom. The summed E-state index contributed by atoms with van der Waals surface area (Å²) in [4.78, 5) is 29.7. The number of esters is 1. The number of aromatic nitrogens is 2. The van der Waals surface area contributed by atoms with Crippen LogP contribution < -0.4 is 4.72 Å². The standard InChI is InChI=1S/C30H35F3N6O7S/c1-19-8-10-21(11-9-19)25-17-26(30(31,32)33)34-38(25)23-12-14-24(15-13-23)47(43,44)35-27(40)22-7-6-16-37(18-22)39(42)36-46-20(2)45-28(41)29(3,4)5/h8-15,17,20,22H,6-7,16,18H2,1-5H3,(H,35,40)/b39-36+. The van der Waals surface area contributed by atoms with Gasteiger partial charge < -0.3 is 9.94 Å². The maximum Gasteiger partial charge on any atom is 0.435 e. The summed E-state index contributed by atoms with van der Waals surface area (Å²) in [6, 6.07) is 12.6. The van der Waals surface area contributed by atoms with E-state index < -0.39 is 51.4 Å². The van der Waals surface area contributed by atoms with Crippen LogP contribution in [0.1, 0.15) is 51.8 Å². The summed E-state index contributed by atoms with van der Waals surface area (Å²) in [6.45, 7) is 8.19. The normalized spacial score (nSPS) is 16.8. The number of rotatable bonds is 9. The van der Waals surface area contributed by atoms with Crippen molar-refractivity contribution in [3.05, 3.63) is 71.1 Å². The molecule has 4 rings (SSSR count). The van der Waals surface area contributed by atoms with Crippen molar-refractivity contribution in [2.24, 2.45) is 16.6 Å². The van der Waals surface area contributed by atoms with Gasteiger partial charge in [0.05, 0.1) is 45.7 Å². The summed E-state index contributed by atoms with van der Waals surface area (Å²) in [5.74, 6) is -2.32. The maximum atomic E-state index is 13.5. The first kappa shape index (κ1) is 35.2. The molecule has 1 N–H and O–H groups in total. The molecule has 0 saturated carbocycles. The van der Waals surface area contributed by atoms with Crippen molar-refractivity contribution in [2.75, 3.05) is 13.1 Å². The lowest BCUT2D eigenvalue weighted by molar-refractivity contribution is -0.715. The van der Waals surface area contributed by atoms with Gasteiger partial charge in [-0.15, -0.1) is 5.01 Å². The van der Waals surface area contributed by atoms with Gasteiger partial charge in [-0.1, -0.05) is 29.8 Å². The fourth-order valence-corrected chi connectivity index (χ4v) is 5.57. The number of nitrogens with one attached hydrogen (secondary N) is 1. The quantitative estimate of drug-likeness (QED) is 0.106. The lowest BCUT2D eigenvalue weighted by atomic mass is 9.97. The summed E-state index contributed by atoms with van der Waals surface area (Å²) in [6.07, 6.45) is -5.22. The lowest BCUT2D eigenvalue weighted by Gasteiger charge is -2.28. The number of piperidine rings is 1. The van der Waals surface area contributed by atoms with E-state index in [-0.39, 0.29) is 40.8 Å². The van der Waals surface area contributed by atoms with Crippen LogP contribution >= 0.6 is 0 Å². The van der Waals surface area contributed by atoms with Gasteiger partial charge in [0.25, 0.3) is 16.3 Å². The fraction of sp³-hybridized carbons (Fsp3) is 0.433. The number of amides is 1. The van der Waals surface area contributed by atoms with Crippen LogP contribution in [0.2, 0.25) is 0 Å². The van der Waals surface area contributed by atoms with Gasteiger partial charge in [0.15, 0.2) is 5.69 Å². The lowest BCUT2D eigenvalue weighted by Crippen LogP contribution is -2.46. The van der Waals surface area contributed by atoms with E-state index in [9.17, 15) is 36.4 Å². The number of benzene rings is 2. The van der Waals surface area contributed by atoms with Gasteiger partial charge in [0, 0.05) is 12.5 Å². The maximum absolute atomic E-state index is 13.5. The van der Waals surface area contributed by atoms with Gasteiger partial charge in [0.2, 0.25) is 11.2 Å². The van der Waals surface area contributed by atoms with Gasteiger partial charge in [-0.25, -0.2) is 17.8 Å². The summed E-state index contributed by atoms with van der Waals surface area (Å²) in [5, 5.41) is 20.7. The average Bonchev–Trinajstić information content (AvgIpc) is 3.46. The Hall–Kier alpha value is -4.67. The number of ether oxygens (including phenoxy) is 1.